The van der Waals surface area contributed by atoms with Crippen molar-refractivity contribution in [3.63, 3.8) is 0 Å². The smallest absolute Gasteiger partial charge is 0.371 e. The Labute approximate surface area is 109 Å². The van der Waals surface area contributed by atoms with E-state index in [4.69, 9.17) is 0 Å². The summed E-state index contributed by atoms with van der Waals surface area (Å²) in [6.45, 7) is 2.18. The number of hydrogen-bond donors (Lipinski definition) is 2. The summed E-state index contributed by atoms with van der Waals surface area (Å²) in [5, 5.41) is 0. The lowest BCUT2D eigenvalue weighted by molar-refractivity contribution is -0.599. The quantitative estimate of drug-likeness (QED) is 0.742. The van der Waals surface area contributed by atoms with Crippen LogP contribution in [-0.2, 0) is 0 Å². The number of aromatic amines is 2. The van der Waals surface area contributed by atoms with Gasteiger partial charge in [-0.2, -0.15) is 4.98 Å². The summed E-state index contributed by atoms with van der Waals surface area (Å²) in [5.74, 6) is 0.460. The number of H-pyrrole nitrogens is 2. The molecule has 0 unspecified atom stereocenters. The van der Waals surface area contributed by atoms with Gasteiger partial charge in [-0.1, -0.05) is 0 Å². The Kier molecular flexibility index (Phi) is 2.91. The van der Waals surface area contributed by atoms with Crippen molar-refractivity contribution in [1.82, 2.24) is 9.97 Å². The topological polar surface area (TPSA) is 72.8 Å². The van der Waals surface area contributed by atoms with E-state index in [9.17, 15) is 9.59 Å². The molecule has 0 spiro atoms. The van der Waals surface area contributed by atoms with Gasteiger partial charge < -0.3 is 4.90 Å². The number of anilines is 1. The van der Waals surface area contributed by atoms with Gasteiger partial charge in [-0.25, -0.2) is 9.36 Å². The van der Waals surface area contributed by atoms with E-state index in [1.165, 1.54) is 24.6 Å². The summed E-state index contributed by atoms with van der Waals surface area (Å²) in [6.07, 6.45) is 6.16. The van der Waals surface area contributed by atoms with E-state index in [-0.39, 0.29) is 0 Å². The molecule has 0 saturated carbocycles. The number of pyridine rings is 1. The first-order valence-corrected chi connectivity index (χ1v) is 6.33. The highest BCUT2D eigenvalue weighted by Gasteiger charge is 2.13. The van der Waals surface area contributed by atoms with E-state index in [1.807, 2.05) is 24.5 Å². The number of hydrogen-bond acceptors (Lipinski definition) is 3. The normalized spacial score (nSPS) is 14.8. The van der Waals surface area contributed by atoms with Crippen LogP contribution in [0.2, 0.25) is 0 Å². The molecule has 2 aromatic rings. The Balaban J connectivity index is 1.93. The number of nitrogens with zero attached hydrogens (tertiary/aromatic N) is 2. The SMILES string of the molecule is O=c1cc(-[n+]2ccc(N3CCCC3)cc2)[nH]c(=O)[nH]1. The second-order valence-corrected chi connectivity index (χ2v) is 4.63. The highest BCUT2D eigenvalue weighted by molar-refractivity contribution is 5.44. The van der Waals surface area contributed by atoms with Gasteiger partial charge in [0.05, 0.1) is 18.5 Å². The fraction of sp³-hybridized carbons (Fsp3) is 0.308. The van der Waals surface area contributed by atoms with Gasteiger partial charge in [-0.05, 0) is 12.8 Å². The van der Waals surface area contributed by atoms with E-state index < -0.39 is 11.2 Å². The molecule has 0 amide bonds. The lowest BCUT2D eigenvalue weighted by Crippen LogP contribution is -2.36. The Morgan fingerprint density at radius 1 is 1.05 bits per heavy atom. The maximum Gasteiger partial charge on any atom is 0.413 e. The summed E-state index contributed by atoms with van der Waals surface area (Å²) < 4.78 is 1.72. The summed E-state index contributed by atoms with van der Waals surface area (Å²) in [7, 11) is 0. The zero-order valence-corrected chi connectivity index (χ0v) is 10.4. The Morgan fingerprint density at radius 2 is 1.74 bits per heavy atom. The van der Waals surface area contributed by atoms with Crippen molar-refractivity contribution in [2.75, 3.05) is 18.0 Å². The molecular formula is C13H15N4O2+. The summed E-state index contributed by atoms with van der Waals surface area (Å²) >= 11 is 0. The molecule has 1 fully saturated rings. The molecule has 98 valence electrons. The largest absolute Gasteiger partial charge is 0.413 e. The van der Waals surface area contributed by atoms with Crippen LogP contribution in [0.1, 0.15) is 12.8 Å². The van der Waals surface area contributed by atoms with Crippen LogP contribution in [0.4, 0.5) is 5.69 Å². The van der Waals surface area contributed by atoms with Gasteiger partial charge in [0.2, 0.25) is 0 Å². The van der Waals surface area contributed by atoms with E-state index in [1.54, 1.807) is 4.57 Å². The number of aromatic nitrogens is 3. The summed E-state index contributed by atoms with van der Waals surface area (Å²) in [6, 6.07) is 5.34. The molecule has 1 saturated heterocycles. The third-order valence-electron chi connectivity index (χ3n) is 3.31. The van der Waals surface area contributed by atoms with Gasteiger partial charge in [0.1, 0.15) is 0 Å². The molecule has 2 aromatic heterocycles. The molecular weight excluding hydrogens is 244 g/mol. The minimum atomic E-state index is -0.501. The first-order chi connectivity index (χ1) is 9.22. The predicted octanol–water partition coefficient (Wildman–Crippen LogP) is -0.0599. The van der Waals surface area contributed by atoms with Crippen LogP contribution in [0, 0.1) is 0 Å². The van der Waals surface area contributed by atoms with E-state index in [0.717, 1.165) is 13.1 Å². The third-order valence-corrected chi connectivity index (χ3v) is 3.31. The fourth-order valence-corrected chi connectivity index (χ4v) is 2.36. The standard InChI is InChI=1S/C13H14N4O2/c18-12-9-11(14-13(19)15-12)17-7-3-10(4-8-17)16-5-1-2-6-16/h3-4,7-9H,1-2,5-6H2,(H-,14,15,18,19)/p+1. The molecule has 6 heteroatoms. The zero-order chi connectivity index (χ0) is 13.2. The summed E-state index contributed by atoms with van der Waals surface area (Å²) in [4.78, 5) is 29.6. The van der Waals surface area contributed by atoms with Crippen molar-refractivity contribution in [2.24, 2.45) is 0 Å². The fourth-order valence-electron chi connectivity index (χ4n) is 2.36. The number of rotatable bonds is 2. The molecule has 19 heavy (non-hydrogen) atoms. The van der Waals surface area contributed by atoms with Crippen molar-refractivity contribution in [3.8, 4) is 5.82 Å². The molecule has 0 atom stereocenters. The molecule has 3 heterocycles. The van der Waals surface area contributed by atoms with E-state index in [0.29, 0.717) is 5.82 Å². The highest BCUT2D eigenvalue weighted by Crippen LogP contribution is 2.18. The van der Waals surface area contributed by atoms with Crippen molar-refractivity contribution < 1.29 is 4.57 Å². The average molecular weight is 259 g/mol. The Morgan fingerprint density at radius 3 is 2.37 bits per heavy atom. The van der Waals surface area contributed by atoms with Crippen LogP contribution < -0.4 is 20.7 Å². The van der Waals surface area contributed by atoms with E-state index in [2.05, 4.69) is 14.9 Å². The molecule has 2 N–H and O–H groups in total. The molecule has 1 aliphatic heterocycles. The average Bonchev–Trinajstić information content (AvgIpc) is 2.91. The van der Waals surface area contributed by atoms with Gasteiger partial charge in [0, 0.05) is 30.9 Å². The molecule has 1 aliphatic rings. The maximum atomic E-state index is 11.3. The maximum absolute atomic E-state index is 11.3. The van der Waals surface area contributed by atoms with Crippen LogP contribution in [0.15, 0.2) is 40.2 Å². The molecule has 0 aliphatic carbocycles. The van der Waals surface area contributed by atoms with Crippen LogP contribution in [-0.4, -0.2) is 23.1 Å². The van der Waals surface area contributed by atoms with Gasteiger partial charge in [-0.3, -0.25) is 9.78 Å². The molecule has 6 nitrogen and oxygen atoms in total. The first-order valence-electron chi connectivity index (χ1n) is 6.33. The third kappa shape index (κ3) is 2.42. The van der Waals surface area contributed by atoms with Gasteiger partial charge in [0.15, 0.2) is 0 Å². The minimum Gasteiger partial charge on any atom is -0.371 e. The predicted molar refractivity (Wildman–Crippen MR) is 70.7 cm³/mol. The van der Waals surface area contributed by atoms with Crippen molar-refractivity contribution in [3.05, 3.63) is 51.4 Å². The van der Waals surface area contributed by atoms with Crippen LogP contribution >= 0.6 is 0 Å². The molecule has 0 radical (unpaired) electrons. The van der Waals surface area contributed by atoms with E-state index >= 15 is 0 Å². The molecule has 0 aromatic carbocycles. The second-order valence-electron chi connectivity index (χ2n) is 4.63. The second kappa shape index (κ2) is 4.72. The first kappa shape index (κ1) is 11.7. The van der Waals surface area contributed by atoms with Crippen LogP contribution in [0.5, 0.6) is 0 Å². The lowest BCUT2D eigenvalue weighted by Gasteiger charge is -2.16. The lowest BCUT2D eigenvalue weighted by atomic mass is 10.3. The Bertz CT molecular complexity index is 653. The summed E-state index contributed by atoms with van der Waals surface area (Å²) in [5.41, 5.74) is 0.259. The van der Waals surface area contributed by atoms with Gasteiger partial charge in [0.25, 0.3) is 11.4 Å². The highest BCUT2D eigenvalue weighted by atomic mass is 16.2. The van der Waals surface area contributed by atoms with Crippen LogP contribution in [0.25, 0.3) is 5.82 Å². The molecule has 0 bridgehead atoms. The monoisotopic (exact) mass is 259 g/mol. The zero-order valence-electron chi connectivity index (χ0n) is 10.4. The Hall–Kier alpha value is -2.37. The van der Waals surface area contributed by atoms with Crippen molar-refractivity contribution in [2.45, 2.75) is 12.8 Å². The van der Waals surface area contributed by atoms with Crippen molar-refractivity contribution in [1.29, 1.82) is 0 Å². The van der Waals surface area contributed by atoms with Gasteiger partial charge in [-0.15, -0.1) is 0 Å². The minimum absolute atomic E-state index is 0.408. The van der Waals surface area contributed by atoms with Gasteiger partial charge >= 0.3 is 5.69 Å². The number of nitrogens with one attached hydrogen (secondary N) is 2. The molecule has 3 rings (SSSR count). The van der Waals surface area contributed by atoms with Crippen LogP contribution in [0.3, 0.4) is 0 Å². The van der Waals surface area contributed by atoms with Crippen molar-refractivity contribution >= 4 is 5.69 Å².